The molecule has 0 aliphatic rings. The molecule has 250 valence electrons. The van der Waals surface area contributed by atoms with Crippen molar-refractivity contribution >= 4 is 78.0 Å². The Kier molecular flexibility index (Phi) is 24.1. The highest BCUT2D eigenvalue weighted by Gasteiger charge is 2.23. The lowest BCUT2D eigenvalue weighted by Gasteiger charge is -2.22. The Hall–Kier alpha value is -1.79. The molecule has 1 aromatic heterocycles. The van der Waals surface area contributed by atoms with Crippen LogP contribution in [0, 0.1) is 0 Å². The van der Waals surface area contributed by atoms with Gasteiger partial charge >= 0.3 is 0 Å². The van der Waals surface area contributed by atoms with E-state index in [4.69, 9.17) is 26.9 Å². The summed E-state index contributed by atoms with van der Waals surface area (Å²) in [6.45, 7) is 9.95. The summed E-state index contributed by atoms with van der Waals surface area (Å²) in [5.41, 5.74) is 19.9. The van der Waals surface area contributed by atoms with E-state index >= 15 is 0 Å². The number of amides is 2. The zero-order chi connectivity index (χ0) is 29.0. The zero-order valence-corrected chi connectivity index (χ0v) is 29.2. The summed E-state index contributed by atoms with van der Waals surface area (Å²) in [4.78, 5) is 30.2. The molecule has 0 aliphatic carbocycles. The number of hydrogen-bond acceptors (Lipinski definition) is 8. The number of hydrogen-bond donors (Lipinski definition) is 6. The van der Waals surface area contributed by atoms with Crippen molar-refractivity contribution in [2.75, 3.05) is 32.1 Å². The van der Waals surface area contributed by atoms with Gasteiger partial charge in [-0.05, 0) is 70.7 Å². The Morgan fingerprint density at radius 2 is 1.56 bits per heavy atom. The molecule has 1 heterocycles. The van der Waals surface area contributed by atoms with Gasteiger partial charge in [-0.3, -0.25) is 14.6 Å². The summed E-state index contributed by atoms with van der Waals surface area (Å²) in [6.07, 6.45) is 3.80. The number of nitrogens with zero attached hydrogens (tertiary/aromatic N) is 1. The Balaban J connectivity index is -0.00000400. The Labute approximate surface area is 281 Å². The van der Waals surface area contributed by atoms with Gasteiger partial charge in [-0.15, -0.1) is 49.6 Å². The summed E-state index contributed by atoms with van der Waals surface area (Å²) in [5, 5.41) is 10.3. The molecule has 2 rings (SSSR count). The number of ether oxygens (including phenoxy) is 1. The average molecular weight is 690 g/mol. The van der Waals surface area contributed by atoms with Crippen LogP contribution >= 0.6 is 49.6 Å². The maximum Gasteiger partial charge on any atom is 0.242 e. The first-order valence-corrected chi connectivity index (χ1v) is 14.0. The molecule has 0 aliphatic heterocycles. The van der Waals surface area contributed by atoms with E-state index < -0.39 is 12.1 Å². The summed E-state index contributed by atoms with van der Waals surface area (Å²) in [7, 11) is 1.66. The van der Waals surface area contributed by atoms with Crippen molar-refractivity contribution in [3.63, 3.8) is 0 Å². The lowest BCUT2D eigenvalue weighted by Crippen LogP contribution is -2.52. The van der Waals surface area contributed by atoms with E-state index in [1.807, 2.05) is 12.1 Å². The first kappa shape index (κ1) is 45.6. The van der Waals surface area contributed by atoms with Crippen molar-refractivity contribution in [3.8, 4) is 5.75 Å². The van der Waals surface area contributed by atoms with E-state index in [2.05, 4.69) is 55.8 Å². The largest absolute Gasteiger partial charge is 0.497 e. The summed E-state index contributed by atoms with van der Waals surface area (Å²) in [6, 6.07) is 6.90. The molecule has 3 atom stereocenters. The lowest BCUT2D eigenvalue weighted by atomic mass is 9.91. The third-order valence-corrected chi connectivity index (χ3v) is 6.67. The first-order chi connectivity index (χ1) is 18.5. The highest BCUT2D eigenvalue weighted by Crippen LogP contribution is 2.31. The predicted molar refractivity (Wildman–Crippen MR) is 188 cm³/mol. The van der Waals surface area contributed by atoms with Gasteiger partial charge in [0.15, 0.2) is 0 Å². The second-order valence-corrected chi connectivity index (χ2v) is 11.2. The zero-order valence-electron chi connectivity index (χ0n) is 25.9. The van der Waals surface area contributed by atoms with Crippen molar-refractivity contribution in [1.29, 1.82) is 0 Å². The summed E-state index contributed by atoms with van der Waals surface area (Å²) < 4.78 is 5.51. The standard InChI is InChI=1S/C29H49N7O3.4ClH/c1-19(34-24-18-21(39-5)17-20-12-13-25(29(2,3)4)36-26(20)24)9-8-16-33-28(38)23(11-7-15-31)35-27(37)22(32)10-6-14-30;;;;/h12-13,17-19,22-23,34H,6-11,14-16,30-32H2,1-5H3,(H,33,38)(H,35,37);4*1H/t19?,22-,23-;;;;/m0..../s1. The molecule has 0 fully saturated rings. The molecule has 0 spiro atoms. The van der Waals surface area contributed by atoms with Crippen LogP contribution in [0.15, 0.2) is 24.3 Å². The van der Waals surface area contributed by atoms with Crippen LogP contribution in [0.2, 0.25) is 0 Å². The van der Waals surface area contributed by atoms with Crippen LogP contribution in [-0.4, -0.2) is 61.7 Å². The Bertz CT molecular complexity index is 1090. The number of pyridine rings is 1. The molecule has 9 N–H and O–H groups in total. The van der Waals surface area contributed by atoms with E-state index in [-0.39, 0.29) is 72.9 Å². The SMILES string of the molecule is COc1cc(NC(C)CCCNC(=O)[C@H](CCCN)NC(=O)[C@@H](N)CCCN)c2nc(C(C)(C)C)ccc2c1.Cl.Cl.Cl.Cl. The van der Waals surface area contributed by atoms with E-state index in [1.54, 1.807) is 7.11 Å². The van der Waals surface area contributed by atoms with Crippen LogP contribution in [-0.2, 0) is 15.0 Å². The van der Waals surface area contributed by atoms with Crippen molar-refractivity contribution in [1.82, 2.24) is 15.6 Å². The highest BCUT2D eigenvalue weighted by molar-refractivity contribution is 5.92. The van der Waals surface area contributed by atoms with Gasteiger partial charge in [0, 0.05) is 35.1 Å². The molecule has 1 aromatic carbocycles. The average Bonchev–Trinajstić information content (AvgIpc) is 2.90. The minimum Gasteiger partial charge on any atom is -0.497 e. The third-order valence-electron chi connectivity index (χ3n) is 6.67. The van der Waals surface area contributed by atoms with Crippen molar-refractivity contribution in [3.05, 3.63) is 30.0 Å². The number of nitrogens with two attached hydrogens (primary N) is 3. The van der Waals surface area contributed by atoms with Crippen molar-refractivity contribution in [2.24, 2.45) is 17.2 Å². The molecule has 0 saturated heterocycles. The van der Waals surface area contributed by atoms with Crippen molar-refractivity contribution in [2.45, 2.75) is 89.8 Å². The van der Waals surface area contributed by atoms with Gasteiger partial charge in [0.25, 0.3) is 0 Å². The van der Waals surface area contributed by atoms with Crippen LogP contribution in [0.4, 0.5) is 5.69 Å². The summed E-state index contributed by atoms with van der Waals surface area (Å²) >= 11 is 0. The maximum absolute atomic E-state index is 12.8. The molecule has 43 heavy (non-hydrogen) atoms. The molecule has 2 aromatic rings. The fraction of sp³-hybridized carbons (Fsp3) is 0.621. The van der Waals surface area contributed by atoms with Crippen molar-refractivity contribution < 1.29 is 14.3 Å². The van der Waals surface area contributed by atoms with Crippen LogP contribution in [0.1, 0.15) is 71.9 Å². The summed E-state index contributed by atoms with van der Waals surface area (Å²) in [5.74, 6) is 0.205. The second-order valence-electron chi connectivity index (χ2n) is 11.2. The molecule has 2 amide bonds. The van der Waals surface area contributed by atoms with Gasteiger partial charge < -0.3 is 37.9 Å². The van der Waals surface area contributed by atoms with Gasteiger partial charge in [-0.25, -0.2) is 0 Å². The van der Waals surface area contributed by atoms with Gasteiger partial charge in [-0.2, -0.15) is 0 Å². The number of carbonyl (C=O) groups excluding carboxylic acids is 2. The van der Waals surface area contributed by atoms with E-state index in [1.165, 1.54) is 0 Å². The van der Waals surface area contributed by atoms with E-state index in [0.717, 1.165) is 40.9 Å². The number of fused-ring (bicyclic) bond motifs is 1. The third kappa shape index (κ3) is 15.2. The number of nitrogens with one attached hydrogen (secondary N) is 3. The first-order valence-electron chi connectivity index (χ1n) is 14.0. The molecule has 0 saturated carbocycles. The minimum absolute atomic E-state index is 0. The fourth-order valence-corrected chi connectivity index (χ4v) is 4.27. The number of benzene rings is 1. The van der Waals surface area contributed by atoms with Crippen LogP contribution < -0.4 is 37.9 Å². The van der Waals surface area contributed by atoms with Gasteiger partial charge in [0.05, 0.1) is 24.4 Å². The number of methoxy groups -OCH3 is 1. The van der Waals surface area contributed by atoms with Gasteiger partial charge in [0.2, 0.25) is 11.8 Å². The highest BCUT2D eigenvalue weighted by atomic mass is 35.5. The molecule has 0 bridgehead atoms. The molecule has 0 radical (unpaired) electrons. The number of carbonyl (C=O) groups is 2. The number of aromatic nitrogens is 1. The van der Waals surface area contributed by atoms with E-state index in [9.17, 15) is 9.59 Å². The topological polar surface area (TPSA) is 170 Å². The van der Waals surface area contributed by atoms with E-state index in [0.29, 0.717) is 45.3 Å². The quantitative estimate of drug-likeness (QED) is 0.142. The fourth-order valence-electron chi connectivity index (χ4n) is 4.27. The van der Waals surface area contributed by atoms with Crippen LogP contribution in [0.25, 0.3) is 10.9 Å². The number of halogens is 4. The molecule has 14 heteroatoms. The molecule has 10 nitrogen and oxygen atoms in total. The van der Waals surface area contributed by atoms with Gasteiger partial charge in [0.1, 0.15) is 11.8 Å². The number of rotatable bonds is 16. The molecule has 1 unspecified atom stereocenters. The maximum atomic E-state index is 12.8. The number of anilines is 1. The minimum atomic E-state index is -0.685. The molecular weight excluding hydrogens is 636 g/mol. The Morgan fingerprint density at radius 3 is 2.14 bits per heavy atom. The predicted octanol–water partition coefficient (Wildman–Crippen LogP) is 4.21. The van der Waals surface area contributed by atoms with Crippen LogP contribution in [0.3, 0.4) is 0 Å². The molecular formula is C29H53Cl4N7O3. The Morgan fingerprint density at radius 1 is 0.930 bits per heavy atom. The van der Waals surface area contributed by atoms with Gasteiger partial charge in [-0.1, -0.05) is 26.8 Å². The lowest BCUT2D eigenvalue weighted by molar-refractivity contribution is -0.129. The smallest absolute Gasteiger partial charge is 0.242 e. The van der Waals surface area contributed by atoms with Crippen LogP contribution in [0.5, 0.6) is 5.75 Å². The second kappa shape index (κ2) is 22.7. The normalized spacial score (nSPS) is 12.7. The monoisotopic (exact) mass is 687 g/mol.